The summed E-state index contributed by atoms with van der Waals surface area (Å²) < 4.78 is 6.51. The molecule has 4 aromatic rings. The van der Waals surface area contributed by atoms with Gasteiger partial charge in [-0.05, 0) is 64.3 Å². The summed E-state index contributed by atoms with van der Waals surface area (Å²) in [6.07, 6.45) is 1.05. The fourth-order valence-corrected chi connectivity index (χ4v) is 7.97. The number of benzene rings is 4. The predicted molar refractivity (Wildman–Crippen MR) is 128 cm³/mol. The second-order valence-electron chi connectivity index (χ2n) is 8.87. The Kier molecular flexibility index (Phi) is 4.41. The molecule has 4 aromatic carbocycles. The molecule has 2 atom stereocenters. The SMILES string of the molecule is CC[C@H]1Oc2cccc(-c3c4ccccc4cc4ccccc34)c2[P@@]1C(C)(C)C. The molecule has 1 nitrogen and oxygen atoms in total. The van der Waals surface area contributed by atoms with E-state index in [1.165, 1.54) is 38.0 Å². The molecule has 0 spiro atoms. The zero-order chi connectivity index (χ0) is 20.2. The molecule has 0 saturated heterocycles. The normalized spacial score (nSPS) is 18.8. The lowest BCUT2D eigenvalue weighted by Gasteiger charge is -2.32. The summed E-state index contributed by atoms with van der Waals surface area (Å²) in [5.41, 5.74) is 2.71. The van der Waals surface area contributed by atoms with Crippen LogP contribution in [-0.2, 0) is 0 Å². The maximum Gasteiger partial charge on any atom is 0.128 e. The Hall–Kier alpha value is -2.37. The van der Waals surface area contributed by atoms with Crippen LogP contribution in [0.2, 0.25) is 0 Å². The molecule has 0 radical (unpaired) electrons. The van der Waals surface area contributed by atoms with E-state index in [4.69, 9.17) is 4.74 Å². The van der Waals surface area contributed by atoms with E-state index in [1.807, 2.05) is 0 Å². The Morgan fingerprint density at radius 2 is 1.45 bits per heavy atom. The molecule has 1 heterocycles. The van der Waals surface area contributed by atoms with Gasteiger partial charge in [-0.15, -0.1) is 0 Å². The van der Waals surface area contributed by atoms with Crippen LogP contribution in [0.3, 0.4) is 0 Å². The zero-order valence-electron chi connectivity index (χ0n) is 17.6. The first-order chi connectivity index (χ1) is 14.0. The van der Waals surface area contributed by atoms with Crippen LogP contribution in [0.1, 0.15) is 34.1 Å². The minimum absolute atomic E-state index is 0.192. The van der Waals surface area contributed by atoms with Gasteiger partial charge in [0.05, 0.1) is 0 Å². The van der Waals surface area contributed by atoms with Crippen LogP contribution in [0, 0.1) is 0 Å². The van der Waals surface area contributed by atoms with Crippen molar-refractivity contribution >= 4 is 34.8 Å². The molecule has 0 unspecified atom stereocenters. The lowest BCUT2D eigenvalue weighted by molar-refractivity contribution is 0.288. The van der Waals surface area contributed by atoms with E-state index in [0.717, 1.165) is 12.2 Å². The van der Waals surface area contributed by atoms with Crippen LogP contribution in [-0.4, -0.2) is 11.0 Å². The summed E-state index contributed by atoms with van der Waals surface area (Å²) in [6.45, 7) is 9.37. The van der Waals surface area contributed by atoms with E-state index in [9.17, 15) is 0 Å². The number of hydrogen-bond acceptors (Lipinski definition) is 1. The van der Waals surface area contributed by atoms with Gasteiger partial charge in [0, 0.05) is 5.30 Å². The summed E-state index contributed by atoms with van der Waals surface area (Å²) in [4.78, 5) is 0. The summed E-state index contributed by atoms with van der Waals surface area (Å²) >= 11 is 0. The average Bonchev–Trinajstić information content (AvgIpc) is 3.11. The van der Waals surface area contributed by atoms with Crippen molar-refractivity contribution in [3.8, 4) is 16.9 Å². The van der Waals surface area contributed by atoms with Crippen molar-refractivity contribution in [2.45, 2.75) is 45.1 Å². The van der Waals surface area contributed by atoms with Crippen LogP contribution in [0.25, 0.3) is 32.7 Å². The van der Waals surface area contributed by atoms with Crippen LogP contribution in [0.15, 0.2) is 72.8 Å². The van der Waals surface area contributed by atoms with Gasteiger partial charge >= 0.3 is 0 Å². The van der Waals surface area contributed by atoms with Crippen LogP contribution >= 0.6 is 7.92 Å². The second kappa shape index (κ2) is 6.85. The second-order valence-corrected chi connectivity index (χ2v) is 12.0. The third-order valence-electron chi connectivity index (χ3n) is 5.90. The molecule has 1 aliphatic rings. The first-order valence-corrected chi connectivity index (χ1v) is 11.9. The molecule has 0 aliphatic carbocycles. The fourth-order valence-electron chi connectivity index (χ4n) is 4.75. The number of fused-ring (bicyclic) bond motifs is 3. The molecule has 146 valence electrons. The Morgan fingerprint density at radius 1 is 0.828 bits per heavy atom. The fraction of sp³-hybridized carbons (Fsp3) is 0.259. The summed E-state index contributed by atoms with van der Waals surface area (Å²) in [5, 5.41) is 6.88. The van der Waals surface area contributed by atoms with Crippen LogP contribution in [0.4, 0.5) is 0 Å². The van der Waals surface area contributed by atoms with E-state index in [1.54, 1.807) is 0 Å². The standard InChI is InChI=1S/C27H27OP/c1-5-24-28-23-16-10-15-22(26(23)29(24)27(2,3)4)25-20-13-8-6-11-18(20)17-19-12-7-9-14-21(19)25/h6-17,24H,5H2,1-4H3/t24-,29-/m0/s1. The molecule has 0 N–H and O–H groups in total. The smallest absolute Gasteiger partial charge is 0.128 e. The minimum Gasteiger partial charge on any atom is -0.485 e. The predicted octanol–water partition coefficient (Wildman–Crippen LogP) is 7.69. The van der Waals surface area contributed by atoms with Crippen molar-refractivity contribution in [3.63, 3.8) is 0 Å². The zero-order valence-corrected chi connectivity index (χ0v) is 18.5. The van der Waals surface area contributed by atoms with Gasteiger partial charge in [0.2, 0.25) is 0 Å². The molecule has 1 aliphatic heterocycles. The number of rotatable bonds is 2. The highest BCUT2D eigenvalue weighted by molar-refractivity contribution is 7.68. The van der Waals surface area contributed by atoms with E-state index >= 15 is 0 Å². The first kappa shape index (κ1) is 18.6. The van der Waals surface area contributed by atoms with Gasteiger partial charge < -0.3 is 4.74 Å². The van der Waals surface area contributed by atoms with E-state index in [0.29, 0.717) is 5.85 Å². The molecule has 0 saturated carbocycles. The molecule has 5 rings (SSSR count). The monoisotopic (exact) mass is 398 g/mol. The lowest BCUT2D eigenvalue weighted by Crippen LogP contribution is -2.24. The van der Waals surface area contributed by atoms with Gasteiger partial charge in [-0.1, -0.05) is 88.4 Å². The highest BCUT2D eigenvalue weighted by Crippen LogP contribution is 2.61. The molecule has 0 aromatic heterocycles. The van der Waals surface area contributed by atoms with Gasteiger partial charge in [0.15, 0.2) is 0 Å². The molecule has 0 bridgehead atoms. The van der Waals surface area contributed by atoms with Crippen LogP contribution in [0.5, 0.6) is 5.75 Å². The minimum atomic E-state index is -0.443. The third kappa shape index (κ3) is 2.95. The molecule has 0 amide bonds. The Labute approximate surface area is 174 Å². The Balaban J connectivity index is 1.90. The lowest BCUT2D eigenvalue weighted by atomic mass is 9.92. The quantitative estimate of drug-likeness (QED) is 0.248. The van der Waals surface area contributed by atoms with Crippen molar-refractivity contribution < 1.29 is 4.74 Å². The summed E-state index contributed by atoms with van der Waals surface area (Å²) in [6, 6.07) is 26.5. The maximum absolute atomic E-state index is 6.51. The summed E-state index contributed by atoms with van der Waals surface area (Å²) in [7, 11) is -0.443. The Bertz CT molecular complexity index is 1160. The largest absolute Gasteiger partial charge is 0.485 e. The molecule has 0 fully saturated rings. The van der Waals surface area contributed by atoms with Gasteiger partial charge in [0.1, 0.15) is 11.6 Å². The summed E-state index contributed by atoms with van der Waals surface area (Å²) in [5.74, 6) is 1.38. The third-order valence-corrected chi connectivity index (χ3v) is 9.34. The number of ether oxygens (including phenoxy) is 1. The van der Waals surface area contributed by atoms with Gasteiger partial charge in [-0.3, -0.25) is 0 Å². The highest BCUT2D eigenvalue weighted by Gasteiger charge is 2.42. The van der Waals surface area contributed by atoms with E-state index < -0.39 is 7.92 Å². The van der Waals surface area contributed by atoms with Crippen molar-refractivity contribution in [2.75, 3.05) is 0 Å². The Morgan fingerprint density at radius 3 is 2.03 bits per heavy atom. The molecular formula is C27H27OP. The maximum atomic E-state index is 6.51. The van der Waals surface area contributed by atoms with Crippen LogP contribution < -0.4 is 10.0 Å². The van der Waals surface area contributed by atoms with Crippen molar-refractivity contribution in [1.29, 1.82) is 0 Å². The molecule has 2 heteroatoms. The van der Waals surface area contributed by atoms with Gasteiger partial charge in [-0.2, -0.15) is 0 Å². The van der Waals surface area contributed by atoms with Gasteiger partial charge in [0.25, 0.3) is 0 Å². The van der Waals surface area contributed by atoms with Gasteiger partial charge in [-0.25, -0.2) is 0 Å². The molecular weight excluding hydrogens is 371 g/mol. The van der Waals surface area contributed by atoms with Crippen molar-refractivity contribution in [2.24, 2.45) is 0 Å². The average molecular weight is 398 g/mol. The van der Waals surface area contributed by atoms with E-state index in [-0.39, 0.29) is 5.16 Å². The first-order valence-electron chi connectivity index (χ1n) is 10.5. The van der Waals surface area contributed by atoms with E-state index in [2.05, 4.69) is 100 Å². The highest BCUT2D eigenvalue weighted by atomic mass is 31.1. The topological polar surface area (TPSA) is 9.23 Å². The number of hydrogen-bond donors (Lipinski definition) is 0. The van der Waals surface area contributed by atoms with Crippen molar-refractivity contribution in [3.05, 3.63) is 72.8 Å². The van der Waals surface area contributed by atoms with Crippen molar-refractivity contribution in [1.82, 2.24) is 0 Å². The molecule has 29 heavy (non-hydrogen) atoms.